The van der Waals surface area contributed by atoms with E-state index >= 15 is 0 Å². The summed E-state index contributed by atoms with van der Waals surface area (Å²) in [6.45, 7) is 0. The highest BCUT2D eigenvalue weighted by Crippen LogP contribution is 2.16. The van der Waals surface area contributed by atoms with Crippen LogP contribution in [0.4, 0.5) is 0 Å². The van der Waals surface area contributed by atoms with E-state index in [1.165, 1.54) is 0 Å². The molecule has 2 nitrogen and oxygen atoms in total. The molecule has 0 bridgehead atoms. The molecule has 2 rings (SSSR count). The summed E-state index contributed by atoms with van der Waals surface area (Å²) in [7, 11) is 0. The third-order valence-electron chi connectivity index (χ3n) is 2.33. The van der Waals surface area contributed by atoms with Crippen molar-refractivity contribution in [2.45, 2.75) is 5.88 Å². The minimum Gasteiger partial charge on any atom is -0.423 e. The van der Waals surface area contributed by atoms with Gasteiger partial charge < -0.3 is 4.74 Å². The molecule has 0 aromatic heterocycles. The highest BCUT2D eigenvalue weighted by molar-refractivity contribution is 6.17. The van der Waals surface area contributed by atoms with Gasteiger partial charge in [0.25, 0.3) is 0 Å². The van der Waals surface area contributed by atoms with Gasteiger partial charge >= 0.3 is 5.97 Å². The van der Waals surface area contributed by atoms with Crippen molar-refractivity contribution in [3.63, 3.8) is 0 Å². The third kappa shape index (κ3) is 2.86. The predicted octanol–water partition coefficient (Wildman–Crippen LogP) is 3.64. The summed E-state index contributed by atoms with van der Waals surface area (Å²) in [6, 6.07) is 16.1. The second-order valence-electron chi connectivity index (χ2n) is 3.49. The molecule has 2 aromatic rings. The Morgan fingerprint density at radius 2 is 1.65 bits per heavy atom. The molecule has 3 heteroatoms. The monoisotopic (exact) mass is 246 g/mol. The largest absolute Gasteiger partial charge is 0.423 e. The van der Waals surface area contributed by atoms with Gasteiger partial charge in [-0.1, -0.05) is 36.4 Å². The van der Waals surface area contributed by atoms with Gasteiger partial charge in [0.05, 0.1) is 5.56 Å². The number of hydrogen-bond acceptors (Lipinski definition) is 2. The van der Waals surface area contributed by atoms with Crippen molar-refractivity contribution in [1.82, 2.24) is 0 Å². The number of ether oxygens (including phenoxy) is 1. The molecule has 0 N–H and O–H groups in total. The summed E-state index contributed by atoms with van der Waals surface area (Å²) >= 11 is 5.77. The maximum atomic E-state index is 11.9. The summed E-state index contributed by atoms with van der Waals surface area (Å²) in [5.41, 5.74) is 1.28. The molecule has 2 aromatic carbocycles. The van der Waals surface area contributed by atoms with E-state index < -0.39 is 0 Å². The van der Waals surface area contributed by atoms with Crippen LogP contribution in [0.15, 0.2) is 54.6 Å². The molecule has 17 heavy (non-hydrogen) atoms. The molecule has 0 spiro atoms. The van der Waals surface area contributed by atoms with E-state index in [0.717, 1.165) is 5.56 Å². The maximum absolute atomic E-state index is 11.9. The normalized spacial score (nSPS) is 9.94. The molecule has 86 valence electrons. The van der Waals surface area contributed by atoms with Crippen molar-refractivity contribution in [2.75, 3.05) is 0 Å². The van der Waals surface area contributed by atoms with Gasteiger partial charge in [-0.3, -0.25) is 0 Å². The first-order valence-electron chi connectivity index (χ1n) is 5.22. The van der Waals surface area contributed by atoms with E-state index in [1.54, 1.807) is 24.3 Å². The average Bonchev–Trinajstić information content (AvgIpc) is 2.40. The number of carbonyl (C=O) groups is 1. The number of benzene rings is 2. The van der Waals surface area contributed by atoms with Crippen LogP contribution in [0.5, 0.6) is 5.75 Å². The van der Waals surface area contributed by atoms with Crippen LogP contribution in [0.3, 0.4) is 0 Å². The molecule has 0 amide bonds. The quantitative estimate of drug-likeness (QED) is 0.470. The van der Waals surface area contributed by atoms with Crippen molar-refractivity contribution in [2.24, 2.45) is 0 Å². The Hall–Kier alpha value is -1.80. The van der Waals surface area contributed by atoms with Crippen molar-refractivity contribution in [3.8, 4) is 5.75 Å². The van der Waals surface area contributed by atoms with Crippen LogP contribution in [0, 0.1) is 0 Å². The van der Waals surface area contributed by atoms with Gasteiger partial charge in [0.2, 0.25) is 0 Å². The van der Waals surface area contributed by atoms with E-state index in [1.807, 2.05) is 30.3 Å². The summed E-state index contributed by atoms with van der Waals surface area (Å²) in [4.78, 5) is 11.9. The Kier molecular flexibility index (Phi) is 3.78. The molecule has 0 fully saturated rings. The minimum absolute atomic E-state index is 0.292. The van der Waals surface area contributed by atoms with Crippen molar-refractivity contribution in [3.05, 3.63) is 65.7 Å². The molecular formula is C14H11ClO2. The van der Waals surface area contributed by atoms with Crippen LogP contribution in [0.2, 0.25) is 0 Å². The fraction of sp³-hybridized carbons (Fsp3) is 0.0714. The lowest BCUT2D eigenvalue weighted by Crippen LogP contribution is -2.10. The molecule has 0 aliphatic rings. The lowest BCUT2D eigenvalue weighted by atomic mass is 10.1. The molecule has 0 saturated heterocycles. The molecule has 0 aliphatic carbocycles. The molecule has 0 atom stereocenters. The maximum Gasteiger partial charge on any atom is 0.343 e. The standard InChI is InChI=1S/C14H11ClO2/c15-10-11-6-4-5-9-13(11)14(16)17-12-7-2-1-3-8-12/h1-9H,10H2. The first-order valence-corrected chi connectivity index (χ1v) is 5.76. The summed E-state index contributed by atoms with van der Waals surface area (Å²) in [6.07, 6.45) is 0. The van der Waals surface area contributed by atoms with Gasteiger partial charge in [0.15, 0.2) is 0 Å². The van der Waals surface area contributed by atoms with Crippen molar-refractivity contribution >= 4 is 17.6 Å². The molecule has 0 heterocycles. The second kappa shape index (κ2) is 5.51. The summed E-state index contributed by atoms with van der Waals surface area (Å²) in [5.74, 6) is 0.439. The smallest absolute Gasteiger partial charge is 0.343 e. The average molecular weight is 247 g/mol. The molecule has 0 saturated carbocycles. The van der Waals surface area contributed by atoms with Gasteiger partial charge in [-0.05, 0) is 23.8 Å². The zero-order chi connectivity index (χ0) is 12.1. The second-order valence-corrected chi connectivity index (χ2v) is 3.76. The van der Waals surface area contributed by atoms with Crippen molar-refractivity contribution < 1.29 is 9.53 Å². The zero-order valence-corrected chi connectivity index (χ0v) is 9.85. The topological polar surface area (TPSA) is 26.3 Å². The minimum atomic E-state index is -0.382. The number of para-hydroxylation sites is 1. The van der Waals surface area contributed by atoms with Crippen LogP contribution >= 0.6 is 11.6 Å². The number of alkyl halides is 1. The lowest BCUT2D eigenvalue weighted by molar-refractivity contribution is 0.0734. The van der Waals surface area contributed by atoms with E-state index in [0.29, 0.717) is 17.2 Å². The highest BCUT2D eigenvalue weighted by atomic mass is 35.5. The number of carbonyl (C=O) groups excluding carboxylic acids is 1. The van der Waals surface area contributed by atoms with Crippen LogP contribution in [0.25, 0.3) is 0 Å². The Bertz CT molecular complexity index is 509. The van der Waals surface area contributed by atoms with Crippen molar-refractivity contribution in [1.29, 1.82) is 0 Å². The number of halogens is 1. The third-order valence-corrected chi connectivity index (χ3v) is 2.62. The van der Waals surface area contributed by atoms with Gasteiger partial charge in [-0.25, -0.2) is 4.79 Å². The lowest BCUT2D eigenvalue weighted by Gasteiger charge is -2.07. The van der Waals surface area contributed by atoms with E-state index in [-0.39, 0.29) is 5.97 Å². The van der Waals surface area contributed by atoms with E-state index in [2.05, 4.69) is 0 Å². The van der Waals surface area contributed by atoms with Gasteiger partial charge in [0.1, 0.15) is 5.75 Å². The zero-order valence-electron chi connectivity index (χ0n) is 9.10. The SMILES string of the molecule is O=C(Oc1ccccc1)c1ccccc1CCl. The summed E-state index contributed by atoms with van der Waals surface area (Å²) in [5, 5.41) is 0. The first kappa shape index (κ1) is 11.7. The number of hydrogen-bond donors (Lipinski definition) is 0. The van der Waals surface area contributed by atoms with Crippen LogP contribution in [-0.2, 0) is 5.88 Å². The highest BCUT2D eigenvalue weighted by Gasteiger charge is 2.12. The van der Waals surface area contributed by atoms with Crippen LogP contribution in [-0.4, -0.2) is 5.97 Å². The molecular weight excluding hydrogens is 236 g/mol. The summed E-state index contributed by atoms with van der Waals surface area (Å²) < 4.78 is 5.25. The Morgan fingerprint density at radius 1 is 1.00 bits per heavy atom. The fourth-order valence-corrected chi connectivity index (χ4v) is 1.72. The molecule has 0 radical (unpaired) electrons. The van der Waals surface area contributed by atoms with E-state index in [9.17, 15) is 4.79 Å². The predicted molar refractivity (Wildman–Crippen MR) is 67.4 cm³/mol. The van der Waals surface area contributed by atoms with Gasteiger partial charge in [-0.2, -0.15) is 0 Å². The Balaban J connectivity index is 2.20. The Morgan fingerprint density at radius 3 is 2.35 bits per heavy atom. The van der Waals surface area contributed by atoms with Crippen LogP contribution < -0.4 is 4.74 Å². The van der Waals surface area contributed by atoms with Crippen LogP contribution in [0.1, 0.15) is 15.9 Å². The van der Waals surface area contributed by atoms with Gasteiger partial charge in [0, 0.05) is 5.88 Å². The first-order chi connectivity index (χ1) is 8.31. The number of esters is 1. The molecule has 0 aliphatic heterocycles. The number of rotatable bonds is 3. The molecule has 0 unspecified atom stereocenters. The fourth-order valence-electron chi connectivity index (χ4n) is 1.49. The Labute approximate surface area is 105 Å². The van der Waals surface area contributed by atoms with Gasteiger partial charge in [-0.15, -0.1) is 11.6 Å². The van der Waals surface area contributed by atoms with E-state index in [4.69, 9.17) is 16.3 Å².